The summed E-state index contributed by atoms with van der Waals surface area (Å²) in [6.45, 7) is 5.70. The Bertz CT molecular complexity index is 1440. The van der Waals surface area contributed by atoms with Gasteiger partial charge in [-0.15, -0.1) is 0 Å². The van der Waals surface area contributed by atoms with Crippen molar-refractivity contribution >= 4 is 28.9 Å². The van der Waals surface area contributed by atoms with Crippen LogP contribution in [0.4, 0.5) is 10.1 Å². The van der Waals surface area contributed by atoms with Gasteiger partial charge in [-0.2, -0.15) is 5.10 Å². The van der Waals surface area contributed by atoms with E-state index in [-0.39, 0.29) is 11.6 Å². The van der Waals surface area contributed by atoms with Gasteiger partial charge < -0.3 is 10.4 Å². The van der Waals surface area contributed by atoms with Crippen molar-refractivity contribution in [3.05, 3.63) is 71.7 Å². The van der Waals surface area contributed by atoms with Crippen molar-refractivity contribution in [2.24, 2.45) is 5.92 Å². The number of nitrogens with zero attached hydrogens (tertiary/aromatic N) is 3. The fourth-order valence-corrected chi connectivity index (χ4v) is 4.94. The lowest BCUT2D eigenvalue weighted by Crippen LogP contribution is -2.29. The number of aryl methyl sites for hydroxylation is 1. The zero-order chi connectivity index (χ0) is 25.4. The van der Waals surface area contributed by atoms with Gasteiger partial charge in [0.15, 0.2) is 11.4 Å². The predicted molar refractivity (Wildman–Crippen MR) is 140 cm³/mol. The molecule has 1 saturated carbocycles. The molecule has 6 nitrogen and oxygen atoms in total. The largest absolute Gasteiger partial charge is 0.389 e. The van der Waals surface area contributed by atoms with Crippen molar-refractivity contribution in [2.75, 3.05) is 11.9 Å². The smallest absolute Gasteiger partial charge is 0.177 e. The highest BCUT2D eigenvalue weighted by Crippen LogP contribution is 2.35. The molecule has 0 spiro atoms. The minimum Gasteiger partial charge on any atom is -0.389 e. The lowest BCUT2D eigenvalue weighted by atomic mass is 9.98. The highest BCUT2D eigenvalue weighted by atomic mass is 32.2. The number of hydrogen-bond donors (Lipinski definition) is 2. The topological polar surface area (TPSA) is 79.5 Å². The van der Waals surface area contributed by atoms with Crippen LogP contribution in [0.25, 0.3) is 16.9 Å². The Labute approximate surface area is 214 Å². The number of halogens is 1. The van der Waals surface area contributed by atoms with Crippen LogP contribution in [0.1, 0.15) is 49.0 Å². The predicted octanol–water partition coefficient (Wildman–Crippen LogP) is 6.16. The first-order valence-corrected chi connectivity index (χ1v) is 12.9. The van der Waals surface area contributed by atoms with Crippen molar-refractivity contribution < 1.29 is 14.3 Å². The summed E-state index contributed by atoms with van der Waals surface area (Å²) in [7, 11) is 0. The van der Waals surface area contributed by atoms with Crippen LogP contribution in [-0.4, -0.2) is 37.6 Å². The number of ketones is 1. The third kappa shape index (κ3) is 5.44. The Morgan fingerprint density at radius 3 is 2.69 bits per heavy atom. The van der Waals surface area contributed by atoms with E-state index in [1.54, 1.807) is 42.8 Å². The van der Waals surface area contributed by atoms with E-state index in [9.17, 15) is 14.3 Å². The van der Waals surface area contributed by atoms with E-state index >= 15 is 0 Å². The molecular formula is C28H29FN4O2S. The molecule has 1 aliphatic rings. The number of aliphatic hydroxyl groups is 1. The summed E-state index contributed by atoms with van der Waals surface area (Å²) in [6.07, 6.45) is 4.65. The van der Waals surface area contributed by atoms with E-state index < -0.39 is 5.60 Å². The molecule has 0 atom stereocenters. The number of benzene rings is 2. The number of anilines is 1. The summed E-state index contributed by atoms with van der Waals surface area (Å²) in [5.41, 5.74) is 3.67. The Morgan fingerprint density at radius 2 is 2.00 bits per heavy atom. The van der Waals surface area contributed by atoms with Crippen LogP contribution in [-0.2, 0) is 0 Å². The van der Waals surface area contributed by atoms with Gasteiger partial charge in [0.25, 0.3) is 0 Å². The van der Waals surface area contributed by atoms with Crippen molar-refractivity contribution in [3.63, 3.8) is 0 Å². The van der Waals surface area contributed by atoms with Crippen LogP contribution in [0.5, 0.6) is 0 Å². The summed E-state index contributed by atoms with van der Waals surface area (Å²) >= 11 is 1.22. The number of hydrogen-bond acceptors (Lipinski definition) is 6. The molecule has 2 N–H and O–H groups in total. The van der Waals surface area contributed by atoms with Crippen LogP contribution in [0.3, 0.4) is 0 Å². The van der Waals surface area contributed by atoms with Gasteiger partial charge in [-0.25, -0.2) is 13.9 Å². The summed E-state index contributed by atoms with van der Waals surface area (Å²) in [4.78, 5) is 17.7. The SMILES string of the molecule is Cc1cc(-c2cnc3c(NCC(C)(C)O)cc(Sc4ccccc4F)nn23)ccc1C(=O)CC1CC1. The van der Waals surface area contributed by atoms with Crippen molar-refractivity contribution in [2.45, 2.75) is 55.6 Å². The van der Waals surface area contributed by atoms with Crippen LogP contribution in [0.2, 0.25) is 0 Å². The second-order valence-corrected chi connectivity index (χ2v) is 11.1. The third-order valence-corrected chi connectivity index (χ3v) is 7.16. The molecule has 0 unspecified atom stereocenters. The van der Waals surface area contributed by atoms with E-state index in [1.165, 1.54) is 17.8 Å². The van der Waals surface area contributed by atoms with E-state index in [1.807, 2.05) is 31.2 Å². The second kappa shape index (κ2) is 9.67. The van der Waals surface area contributed by atoms with E-state index in [4.69, 9.17) is 5.10 Å². The fraction of sp³-hybridized carbons (Fsp3) is 0.321. The molecule has 36 heavy (non-hydrogen) atoms. The molecule has 5 rings (SSSR count). The fourth-order valence-electron chi connectivity index (χ4n) is 4.10. The molecule has 2 aromatic carbocycles. The van der Waals surface area contributed by atoms with Crippen LogP contribution in [0.15, 0.2) is 64.6 Å². The Hall–Kier alpha value is -3.23. The van der Waals surface area contributed by atoms with E-state index in [2.05, 4.69) is 10.3 Å². The highest BCUT2D eigenvalue weighted by Gasteiger charge is 2.26. The minimum atomic E-state index is -0.936. The number of nitrogens with one attached hydrogen (secondary N) is 1. The van der Waals surface area contributed by atoms with E-state index in [0.29, 0.717) is 40.1 Å². The Morgan fingerprint density at radius 1 is 1.22 bits per heavy atom. The number of Topliss-reactive ketones (excluding diaryl/α,β-unsaturated/α-hetero) is 1. The molecule has 8 heteroatoms. The molecule has 0 radical (unpaired) electrons. The van der Waals surface area contributed by atoms with Gasteiger partial charge in [-0.1, -0.05) is 36.0 Å². The first-order chi connectivity index (χ1) is 17.2. The number of rotatable bonds is 9. The van der Waals surface area contributed by atoms with Gasteiger partial charge in [0.2, 0.25) is 0 Å². The van der Waals surface area contributed by atoms with Crippen molar-refractivity contribution in [3.8, 4) is 11.3 Å². The number of carbonyl (C=O) groups excluding carboxylic acids is 1. The molecular weight excluding hydrogens is 475 g/mol. The quantitative estimate of drug-likeness (QED) is 0.266. The second-order valence-electron chi connectivity index (χ2n) is 10.1. The molecule has 4 aromatic rings. The van der Waals surface area contributed by atoms with Crippen molar-refractivity contribution in [1.29, 1.82) is 0 Å². The Kier molecular flexibility index (Phi) is 6.57. The molecule has 0 saturated heterocycles. The maximum Gasteiger partial charge on any atom is 0.177 e. The molecule has 0 amide bonds. The molecule has 2 heterocycles. The van der Waals surface area contributed by atoms with Crippen LogP contribution >= 0.6 is 11.8 Å². The summed E-state index contributed by atoms with van der Waals surface area (Å²) < 4.78 is 16.1. The van der Waals surface area contributed by atoms with Gasteiger partial charge in [0.05, 0.1) is 23.2 Å². The van der Waals surface area contributed by atoms with Crippen LogP contribution in [0, 0.1) is 18.7 Å². The average Bonchev–Trinajstić information content (AvgIpc) is 3.53. The van der Waals surface area contributed by atoms with Gasteiger partial charge in [0, 0.05) is 29.0 Å². The van der Waals surface area contributed by atoms with Crippen LogP contribution < -0.4 is 5.32 Å². The summed E-state index contributed by atoms with van der Waals surface area (Å²) in [5.74, 6) is 0.419. The Balaban J connectivity index is 1.54. The lowest BCUT2D eigenvalue weighted by molar-refractivity contribution is 0.0943. The summed E-state index contributed by atoms with van der Waals surface area (Å²) in [6, 6.07) is 14.2. The summed E-state index contributed by atoms with van der Waals surface area (Å²) in [5, 5.41) is 18.9. The lowest BCUT2D eigenvalue weighted by Gasteiger charge is -2.19. The maximum atomic E-state index is 14.4. The first kappa shape index (κ1) is 24.5. The van der Waals surface area contributed by atoms with Gasteiger partial charge in [0.1, 0.15) is 10.8 Å². The molecule has 186 valence electrons. The van der Waals surface area contributed by atoms with Gasteiger partial charge >= 0.3 is 0 Å². The maximum absolute atomic E-state index is 14.4. The molecule has 0 aliphatic heterocycles. The number of fused-ring (bicyclic) bond motifs is 1. The number of aromatic nitrogens is 3. The molecule has 1 fully saturated rings. The number of imidazole rings is 1. The highest BCUT2D eigenvalue weighted by molar-refractivity contribution is 7.99. The van der Waals surface area contributed by atoms with Gasteiger partial charge in [-0.05, 0) is 69.4 Å². The minimum absolute atomic E-state index is 0.194. The normalized spacial score (nSPS) is 13.8. The molecule has 1 aliphatic carbocycles. The third-order valence-electron chi connectivity index (χ3n) is 6.20. The van der Waals surface area contributed by atoms with Gasteiger partial charge in [-0.3, -0.25) is 4.79 Å². The first-order valence-electron chi connectivity index (χ1n) is 12.1. The molecule has 2 aromatic heterocycles. The van der Waals surface area contributed by atoms with E-state index in [0.717, 1.165) is 35.2 Å². The molecule has 0 bridgehead atoms. The monoisotopic (exact) mass is 504 g/mol. The average molecular weight is 505 g/mol. The van der Waals surface area contributed by atoms with Crippen molar-refractivity contribution in [1.82, 2.24) is 14.6 Å². The standard InChI is InChI=1S/C28H29FN4O2S/c1-17-12-19(10-11-20(17)24(34)13-18-8-9-18)23-15-30-27-22(31-16-28(2,3)35)14-26(32-33(23)27)36-25-7-5-4-6-21(25)29/h4-7,10-12,14-15,18,31,35H,8-9,13,16H2,1-3H3. The number of carbonyl (C=O) groups is 1. The zero-order valence-corrected chi connectivity index (χ0v) is 21.4. The zero-order valence-electron chi connectivity index (χ0n) is 20.6.